The number of benzene rings is 1. The molecule has 1 N–H and O–H groups in total. The van der Waals surface area contributed by atoms with Crippen molar-refractivity contribution in [3.05, 3.63) is 48.8 Å². The molecule has 0 spiro atoms. The van der Waals surface area contributed by atoms with E-state index in [0.717, 1.165) is 26.1 Å². The lowest BCUT2D eigenvalue weighted by atomic mass is 10.3. The molecule has 0 aliphatic carbocycles. The zero-order valence-electron chi connectivity index (χ0n) is 10.8. The molecule has 0 amide bonds. The van der Waals surface area contributed by atoms with Crippen molar-refractivity contribution < 1.29 is 9.13 Å². The molecule has 102 valence electrons. The molecule has 2 rings (SSSR count). The molecule has 1 aromatic heterocycles. The summed E-state index contributed by atoms with van der Waals surface area (Å²) < 4.78 is 20.2. The molecule has 0 aliphatic heterocycles. The second-order valence-electron chi connectivity index (χ2n) is 4.21. The predicted molar refractivity (Wildman–Crippen MR) is 71.6 cm³/mol. The summed E-state index contributed by atoms with van der Waals surface area (Å²) in [6.07, 6.45) is 6.60. The third-order valence-electron chi connectivity index (χ3n) is 2.69. The Labute approximate surface area is 112 Å². The first-order valence-corrected chi connectivity index (χ1v) is 6.39. The quantitative estimate of drug-likeness (QED) is 0.741. The Morgan fingerprint density at radius 2 is 2.05 bits per heavy atom. The van der Waals surface area contributed by atoms with Gasteiger partial charge in [0.15, 0.2) is 0 Å². The third kappa shape index (κ3) is 5.09. The summed E-state index contributed by atoms with van der Waals surface area (Å²) in [4.78, 5) is 3.99. The number of aryl methyl sites for hydroxylation is 1. The zero-order chi connectivity index (χ0) is 13.3. The highest BCUT2D eigenvalue weighted by Gasteiger charge is 1.95. The van der Waals surface area contributed by atoms with Gasteiger partial charge in [-0.05, 0) is 37.2 Å². The summed E-state index contributed by atoms with van der Waals surface area (Å²) in [6.45, 7) is 3.26. The molecule has 0 fully saturated rings. The number of rotatable bonds is 8. The van der Waals surface area contributed by atoms with Gasteiger partial charge in [-0.2, -0.15) is 0 Å². The third-order valence-corrected chi connectivity index (χ3v) is 2.69. The number of halogens is 1. The van der Waals surface area contributed by atoms with Gasteiger partial charge in [0.05, 0.1) is 6.33 Å². The van der Waals surface area contributed by atoms with Crippen LogP contribution in [-0.4, -0.2) is 29.2 Å². The summed E-state index contributed by atoms with van der Waals surface area (Å²) in [5.41, 5.74) is 0. The van der Waals surface area contributed by atoms with Crippen molar-refractivity contribution >= 4 is 0 Å². The number of hydrogen-bond donors (Lipinski definition) is 1. The highest BCUT2D eigenvalue weighted by Crippen LogP contribution is 2.10. The number of ether oxygens (including phenoxy) is 1. The molecule has 0 radical (unpaired) electrons. The van der Waals surface area contributed by atoms with Crippen molar-refractivity contribution in [3.8, 4) is 5.75 Å². The van der Waals surface area contributed by atoms with E-state index in [-0.39, 0.29) is 5.82 Å². The van der Waals surface area contributed by atoms with Crippen LogP contribution in [0.3, 0.4) is 0 Å². The molecule has 0 atom stereocenters. The minimum absolute atomic E-state index is 0.245. The van der Waals surface area contributed by atoms with E-state index in [1.54, 1.807) is 18.3 Å². The summed E-state index contributed by atoms with van der Waals surface area (Å²) in [5, 5.41) is 3.30. The number of aromatic nitrogens is 2. The second-order valence-corrected chi connectivity index (χ2v) is 4.21. The van der Waals surface area contributed by atoms with Crippen LogP contribution in [0.25, 0.3) is 0 Å². The number of nitrogens with zero attached hydrogens (tertiary/aromatic N) is 2. The van der Waals surface area contributed by atoms with Gasteiger partial charge < -0.3 is 14.6 Å². The smallest absolute Gasteiger partial charge is 0.123 e. The van der Waals surface area contributed by atoms with Gasteiger partial charge >= 0.3 is 0 Å². The fraction of sp³-hybridized carbons (Fsp3) is 0.357. The van der Waals surface area contributed by atoms with Crippen LogP contribution in [0, 0.1) is 5.82 Å². The van der Waals surface area contributed by atoms with E-state index in [1.165, 1.54) is 12.1 Å². The van der Waals surface area contributed by atoms with Crippen LogP contribution in [0.5, 0.6) is 5.75 Å². The lowest BCUT2D eigenvalue weighted by molar-refractivity contribution is 0.313. The van der Waals surface area contributed by atoms with Gasteiger partial charge in [-0.15, -0.1) is 0 Å². The lowest BCUT2D eigenvalue weighted by Gasteiger charge is -2.07. The summed E-state index contributed by atoms with van der Waals surface area (Å²) in [6, 6.07) is 6.06. The topological polar surface area (TPSA) is 39.1 Å². The van der Waals surface area contributed by atoms with Crippen LogP contribution < -0.4 is 10.1 Å². The van der Waals surface area contributed by atoms with Gasteiger partial charge in [0, 0.05) is 25.5 Å². The molecule has 1 aromatic carbocycles. The number of hydrogen-bond acceptors (Lipinski definition) is 3. The van der Waals surface area contributed by atoms with E-state index in [4.69, 9.17) is 4.74 Å². The normalized spacial score (nSPS) is 10.6. The standard InChI is InChI=1S/C14H18FN3O/c15-13-2-4-14(5-3-13)19-11-8-16-6-1-9-18-10-7-17-12-18/h2-5,7,10,12,16H,1,6,8-9,11H2. The fourth-order valence-corrected chi connectivity index (χ4v) is 1.70. The van der Waals surface area contributed by atoms with Crippen molar-refractivity contribution in [2.75, 3.05) is 19.7 Å². The Morgan fingerprint density at radius 3 is 2.79 bits per heavy atom. The van der Waals surface area contributed by atoms with Crippen LogP contribution >= 0.6 is 0 Å². The van der Waals surface area contributed by atoms with Gasteiger partial charge in [0.2, 0.25) is 0 Å². The molecule has 0 unspecified atom stereocenters. The lowest BCUT2D eigenvalue weighted by Crippen LogP contribution is -2.22. The van der Waals surface area contributed by atoms with Crippen molar-refractivity contribution in [2.24, 2.45) is 0 Å². The Morgan fingerprint density at radius 1 is 1.21 bits per heavy atom. The van der Waals surface area contributed by atoms with Gasteiger partial charge in [0.25, 0.3) is 0 Å². The molecule has 0 saturated carbocycles. The first-order chi connectivity index (χ1) is 9.34. The highest BCUT2D eigenvalue weighted by molar-refractivity contribution is 5.21. The van der Waals surface area contributed by atoms with Gasteiger partial charge in [-0.25, -0.2) is 9.37 Å². The first kappa shape index (κ1) is 13.5. The van der Waals surface area contributed by atoms with Gasteiger partial charge in [0.1, 0.15) is 18.2 Å². The summed E-state index contributed by atoms with van der Waals surface area (Å²) in [7, 11) is 0. The van der Waals surface area contributed by atoms with Crippen molar-refractivity contribution in [3.63, 3.8) is 0 Å². The SMILES string of the molecule is Fc1ccc(OCCNCCCn2ccnc2)cc1. The van der Waals surface area contributed by atoms with Crippen molar-refractivity contribution in [1.82, 2.24) is 14.9 Å². The van der Waals surface area contributed by atoms with E-state index in [0.29, 0.717) is 12.4 Å². The maximum atomic E-state index is 12.7. The van der Waals surface area contributed by atoms with Crippen LogP contribution in [0.4, 0.5) is 4.39 Å². The average molecular weight is 263 g/mol. The van der Waals surface area contributed by atoms with Crippen LogP contribution in [0.15, 0.2) is 43.0 Å². The largest absolute Gasteiger partial charge is 0.492 e. The number of imidazole rings is 1. The molecule has 4 nitrogen and oxygen atoms in total. The Hall–Kier alpha value is -1.88. The second kappa shape index (κ2) is 7.53. The van der Waals surface area contributed by atoms with E-state index < -0.39 is 0 Å². The summed E-state index contributed by atoms with van der Waals surface area (Å²) >= 11 is 0. The van der Waals surface area contributed by atoms with Gasteiger partial charge in [-0.3, -0.25) is 0 Å². The van der Waals surface area contributed by atoms with Crippen LogP contribution in [0.2, 0.25) is 0 Å². The first-order valence-electron chi connectivity index (χ1n) is 6.39. The molecule has 0 aliphatic rings. The van der Waals surface area contributed by atoms with Gasteiger partial charge in [-0.1, -0.05) is 0 Å². The average Bonchev–Trinajstić information content (AvgIpc) is 2.93. The molecule has 5 heteroatoms. The van der Waals surface area contributed by atoms with Crippen molar-refractivity contribution in [1.29, 1.82) is 0 Å². The zero-order valence-corrected chi connectivity index (χ0v) is 10.8. The molecular formula is C14H18FN3O. The van der Waals surface area contributed by atoms with Crippen LogP contribution in [0.1, 0.15) is 6.42 Å². The molecule has 0 saturated heterocycles. The fourth-order valence-electron chi connectivity index (χ4n) is 1.70. The van der Waals surface area contributed by atoms with Crippen molar-refractivity contribution in [2.45, 2.75) is 13.0 Å². The molecule has 1 heterocycles. The minimum atomic E-state index is -0.245. The van der Waals surface area contributed by atoms with E-state index in [1.807, 2.05) is 12.5 Å². The predicted octanol–water partition coefficient (Wildman–Crippen LogP) is 2.08. The van der Waals surface area contributed by atoms with E-state index in [9.17, 15) is 4.39 Å². The maximum absolute atomic E-state index is 12.7. The number of nitrogens with one attached hydrogen (secondary N) is 1. The molecular weight excluding hydrogens is 245 g/mol. The maximum Gasteiger partial charge on any atom is 0.123 e. The summed E-state index contributed by atoms with van der Waals surface area (Å²) in [5.74, 6) is 0.451. The Balaban J connectivity index is 1.49. The van der Waals surface area contributed by atoms with Crippen LogP contribution in [-0.2, 0) is 6.54 Å². The molecule has 0 bridgehead atoms. The molecule has 2 aromatic rings. The Kier molecular flexibility index (Phi) is 5.37. The molecule has 19 heavy (non-hydrogen) atoms. The van der Waals surface area contributed by atoms with E-state index in [2.05, 4.69) is 14.9 Å². The van der Waals surface area contributed by atoms with E-state index >= 15 is 0 Å². The monoisotopic (exact) mass is 263 g/mol. The highest BCUT2D eigenvalue weighted by atomic mass is 19.1. The minimum Gasteiger partial charge on any atom is -0.492 e. The Bertz CT molecular complexity index is 456.